The van der Waals surface area contributed by atoms with E-state index >= 15 is 0 Å². The zero-order valence-electron chi connectivity index (χ0n) is 14.8. The first-order valence-corrected chi connectivity index (χ1v) is 10.00. The summed E-state index contributed by atoms with van der Waals surface area (Å²) >= 11 is 0. The van der Waals surface area contributed by atoms with Crippen LogP contribution in [0.5, 0.6) is 0 Å². The molecule has 0 fully saturated rings. The third kappa shape index (κ3) is 3.62. The summed E-state index contributed by atoms with van der Waals surface area (Å²) < 4.78 is 28.2. The summed E-state index contributed by atoms with van der Waals surface area (Å²) in [6.07, 6.45) is 3.10. The summed E-state index contributed by atoms with van der Waals surface area (Å²) in [6, 6.07) is 12.2. The Morgan fingerprint density at radius 1 is 1.12 bits per heavy atom. The maximum Gasteiger partial charge on any atom is 0.285 e. The lowest BCUT2D eigenvalue weighted by Crippen LogP contribution is -2.28. The largest absolute Gasteiger partial charge is 0.331 e. The molecule has 136 valence electrons. The van der Waals surface area contributed by atoms with Gasteiger partial charge in [-0.3, -0.25) is 4.79 Å². The Morgan fingerprint density at radius 2 is 1.85 bits per heavy atom. The third-order valence-electron chi connectivity index (χ3n) is 4.22. The molecule has 1 amide bonds. The number of nitrogens with one attached hydrogen (secondary N) is 1. The van der Waals surface area contributed by atoms with Gasteiger partial charge in [0, 0.05) is 17.8 Å². The number of benzene rings is 2. The molecule has 0 radical (unpaired) electrons. The van der Waals surface area contributed by atoms with Gasteiger partial charge in [0.2, 0.25) is 0 Å². The van der Waals surface area contributed by atoms with Crippen LogP contribution in [0.25, 0.3) is 0 Å². The molecule has 1 heterocycles. The number of anilines is 2. The first kappa shape index (κ1) is 18.1. The number of sulfonamides is 1. The average molecular weight is 371 g/mol. The van der Waals surface area contributed by atoms with Crippen LogP contribution in [-0.2, 0) is 16.4 Å². The van der Waals surface area contributed by atoms with Crippen molar-refractivity contribution in [2.24, 2.45) is 4.40 Å². The molecule has 0 atom stereocenters. The summed E-state index contributed by atoms with van der Waals surface area (Å²) in [7, 11) is -3.78. The zero-order chi connectivity index (χ0) is 18.7. The Balaban J connectivity index is 1.89. The van der Waals surface area contributed by atoms with Crippen molar-refractivity contribution in [2.75, 3.05) is 16.8 Å². The van der Waals surface area contributed by atoms with Gasteiger partial charge in [-0.25, -0.2) is 0 Å². The minimum Gasteiger partial charge on any atom is -0.331 e. The Bertz CT molecular complexity index is 950. The Morgan fingerprint density at radius 3 is 2.50 bits per heavy atom. The zero-order valence-corrected chi connectivity index (χ0v) is 15.6. The van der Waals surface area contributed by atoms with E-state index in [0.29, 0.717) is 17.9 Å². The first-order chi connectivity index (χ1) is 12.4. The number of carbonyl (C=O) groups is 1. The van der Waals surface area contributed by atoms with Gasteiger partial charge in [0.05, 0.1) is 5.69 Å². The Hall–Kier alpha value is -2.67. The van der Waals surface area contributed by atoms with E-state index in [1.54, 1.807) is 17.0 Å². The highest BCUT2D eigenvalue weighted by Gasteiger charge is 2.26. The van der Waals surface area contributed by atoms with Gasteiger partial charge in [0.25, 0.3) is 15.9 Å². The number of carbonyl (C=O) groups excluding carboxylic acids is 1. The van der Waals surface area contributed by atoms with Crippen LogP contribution in [0.4, 0.5) is 11.4 Å². The maximum atomic E-state index is 12.5. The molecule has 1 aliphatic heterocycles. The molecule has 0 aliphatic carbocycles. The van der Waals surface area contributed by atoms with Crippen molar-refractivity contribution in [3.63, 3.8) is 0 Å². The van der Waals surface area contributed by atoms with E-state index in [9.17, 15) is 13.2 Å². The fourth-order valence-electron chi connectivity index (χ4n) is 2.78. The van der Waals surface area contributed by atoms with Crippen molar-refractivity contribution in [2.45, 2.75) is 31.6 Å². The molecule has 2 aromatic carbocycles. The first-order valence-electron chi connectivity index (χ1n) is 8.56. The Kier molecular flexibility index (Phi) is 5.08. The van der Waals surface area contributed by atoms with Gasteiger partial charge in [-0.1, -0.05) is 26.0 Å². The van der Waals surface area contributed by atoms with Crippen LogP contribution in [0.3, 0.4) is 0 Å². The summed E-state index contributed by atoms with van der Waals surface area (Å²) in [6.45, 7) is 4.72. The molecule has 2 aromatic rings. The average Bonchev–Trinajstić information content (AvgIpc) is 2.64. The van der Waals surface area contributed by atoms with Crippen LogP contribution in [0, 0.1) is 0 Å². The number of hydrogen-bond donors (Lipinski definition) is 1. The van der Waals surface area contributed by atoms with Crippen molar-refractivity contribution < 1.29 is 13.2 Å². The van der Waals surface area contributed by atoms with Crippen LogP contribution in [0.15, 0.2) is 51.8 Å². The topological polar surface area (TPSA) is 78.8 Å². The monoisotopic (exact) mass is 371 g/mol. The van der Waals surface area contributed by atoms with Crippen LogP contribution < -0.4 is 10.2 Å². The van der Waals surface area contributed by atoms with Crippen molar-refractivity contribution >= 4 is 33.6 Å². The predicted molar refractivity (Wildman–Crippen MR) is 104 cm³/mol. The second kappa shape index (κ2) is 7.29. The normalized spacial score (nSPS) is 14.8. The van der Waals surface area contributed by atoms with Crippen molar-refractivity contribution in [1.82, 2.24) is 0 Å². The smallest absolute Gasteiger partial charge is 0.285 e. The summed E-state index contributed by atoms with van der Waals surface area (Å²) in [5.74, 6) is -0.358. The molecule has 7 heteroatoms. The van der Waals surface area contributed by atoms with Gasteiger partial charge in [0.15, 0.2) is 0 Å². The minimum absolute atomic E-state index is 0.0578. The molecule has 6 nitrogen and oxygen atoms in total. The lowest BCUT2D eigenvalue weighted by atomic mass is 10.1. The predicted octanol–water partition coefficient (Wildman–Crippen LogP) is 3.45. The molecule has 1 aliphatic rings. The number of fused-ring (bicyclic) bond motifs is 1. The molecule has 0 aromatic heterocycles. The van der Waals surface area contributed by atoms with Gasteiger partial charge in [0.1, 0.15) is 11.2 Å². The van der Waals surface area contributed by atoms with Crippen molar-refractivity contribution in [1.29, 1.82) is 0 Å². The highest BCUT2D eigenvalue weighted by atomic mass is 32.2. The molecule has 0 saturated carbocycles. The SMILES string of the molecule is CCCN1C=NS(=O)(=O)c2cc(C(=O)Nc3ccc(CC)cc3)ccc21. The van der Waals surface area contributed by atoms with Crippen LogP contribution in [0.2, 0.25) is 0 Å². The van der Waals surface area contributed by atoms with E-state index in [0.717, 1.165) is 12.8 Å². The van der Waals surface area contributed by atoms with E-state index in [4.69, 9.17) is 0 Å². The van der Waals surface area contributed by atoms with E-state index < -0.39 is 10.0 Å². The molecule has 0 bridgehead atoms. The fraction of sp³-hybridized carbons (Fsp3) is 0.263. The third-order valence-corrected chi connectivity index (χ3v) is 5.47. The number of amides is 1. The second-order valence-corrected chi connectivity index (χ2v) is 7.68. The van der Waals surface area contributed by atoms with Gasteiger partial charge in [-0.2, -0.15) is 8.42 Å². The second-order valence-electron chi connectivity index (χ2n) is 6.08. The molecular weight excluding hydrogens is 350 g/mol. The Labute approximate surface area is 153 Å². The lowest BCUT2D eigenvalue weighted by molar-refractivity contribution is 0.102. The van der Waals surface area contributed by atoms with Crippen molar-refractivity contribution in [3.05, 3.63) is 53.6 Å². The van der Waals surface area contributed by atoms with Gasteiger partial charge >= 0.3 is 0 Å². The lowest BCUT2D eigenvalue weighted by Gasteiger charge is -2.25. The summed E-state index contributed by atoms with van der Waals surface area (Å²) in [5, 5.41) is 2.79. The van der Waals surface area contributed by atoms with Crippen LogP contribution in [0.1, 0.15) is 36.2 Å². The van der Waals surface area contributed by atoms with Gasteiger partial charge < -0.3 is 10.2 Å². The summed E-state index contributed by atoms with van der Waals surface area (Å²) in [5.41, 5.74) is 2.67. The van der Waals surface area contributed by atoms with E-state index in [2.05, 4.69) is 16.6 Å². The summed E-state index contributed by atoms with van der Waals surface area (Å²) in [4.78, 5) is 14.4. The highest BCUT2D eigenvalue weighted by Crippen LogP contribution is 2.31. The molecule has 0 saturated heterocycles. The molecular formula is C19H21N3O3S. The van der Waals surface area contributed by atoms with Crippen molar-refractivity contribution in [3.8, 4) is 0 Å². The quantitative estimate of drug-likeness (QED) is 0.873. The van der Waals surface area contributed by atoms with E-state index in [-0.39, 0.29) is 16.4 Å². The number of nitrogens with zero attached hydrogens (tertiary/aromatic N) is 2. The van der Waals surface area contributed by atoms with Crippen LogP contribution >= 0.6 is 0 Å². The highest BCUT2D eigenvalue weighted by molar-refractivity contribution is 7.90. The number of hydrogen-bond acceptors (Lipinski definition) is 4. The number of aryl methyl sites for hydroxylation is 1. The maximum absolute atomic E-state index is 12.5. The fourth-order valence-corrected chi connectivity index (χ4v) is 3.86. The molecule has 1 N–H and O–H groups in total. The molecule has 26 heavy (non-hydrogen) atoms. The van der Waals surface area contributed by atoms with Crippen LogP contribution in [-0.4, -0.2) is 27.2 Å². The van der Waals surface area contributed by atoms with E-state index in [1.807, 2.05) is 31.2 Å². The standard InChI is InChI=1S/C19H21N3O3S/c1-3-11-22-13-20-26(24,25)18-12-15(7-10-17(18)22)19(23)21-16-8-5-14(4-2)6-9-16/h5-10,12-13H,3-4,11H2,1-2H3,(H,21,23). The van der Waals surface area contributed by atoms with Gasteiger partial charge in [-0.15, -0.1) is 4.40 Å². The van der Waals surface area contributed by atoms with Gasteiger partial charge in [-0.05, 0) is 48.7 Å². The minimum atomic E-state index is -3.78. The number of rotatable bonds is 5. The molecule has 0 unspecified atom stereocenters. The molecule has 0 spiro atoms. The van der Waals surface area contributed by atoms with E-state index in [1.165, 1.54) is 18.0 Å². The molecule has 3 rings (SSSR count).